The number of fused-ring (bicyclic) bond motifs is 1. The van der Waals surface area contributed by atoms with E-state index in [0.29, 0.717) is 11.4 Å². The molecule has 142 valence electrons. The number of hydrogen-bond donors (Lipinski definition) is 3. The molecule has 2 aromatic carbocycles. The van der Waals surface area contributed by atoms with Crippen LogP contribution in [0, 0.1) is 6.92 Å². The van der Waals surface area contributed by atoms with Gasteiger partial charge in [0.2, 0.25) is 0 Å². The van der Waals surface area contributed by atoms with E-state index in [1.165, 1.54) is 5.69 Å². The second-order valence-corrected chi connectivity index (χ2v) is 7.66. The van der Waals surface area contributed by atoms with Gasteiger partial charge in [-0.05, 0) is 62.6 Å². The molecule has 1 amide bonds. The van der Waals surface area contributed by atoms with Crippen LogP contribution in [-0.2, 0) is 4.79 Å². The number of carbonyl (C=O) groups excluding carboxylic acids is 1. The van der Waals surface area contributed by atoms with Gasteiger partial charge in [0.25, 0.3) is 5.91 Å². The molecule has 2 aromatic rings. The highest BCUT2D eigenvalue weighted by Crippen LogP contribution is 2.33. The zero-order chi connectivity index (χ0) is 19.0. The van der Waals surface area contributed by atoms with Crippen LogP contribution < -0.4 is 20.3 Å². The average Bonchev–Trinajstić information content (AvgIpc) is 2.63. The van der Waals surface area contributed by atoms with Crippen molar-refractivity contribution in [3.63, 3.8) is 0 Å². The first-order valence-electron chi connectivity index (χ1n) is 9.31. The van der Waals surface area contributed by atoms with Crippen LogP contribution >= 0.6 is 0 Å². The van der Waals surface area contributed by atoms with E-state index in [1.807, 2.05) is 25.1 Å². The predicted octanol–water partition coefficient (Wildman–Crippen LogP) is 3.42. The molecule has 2 heterocycles. The van der Waals surface area contributed by atoms with E-state index in [1.54, 1.807) is 0 Å². The number of anilines is 4. The van der Waals surface area contributed by atoms with Gasteiger partial charge in [-0.15, -0.1) is 0 Å². The van der Waals surface area contributed by atoms with Crippen molar-refractivity contribution in [2.75, 3.05) is 35.2 Å². The fourth-order valence-corrected chi connectivity index (χ4v) is 3.54. The Morgan fingerprint density at radius 1 is 1.19 bits per heavy atom. The zero-order valence-electron chi connectivity index (χ0n) is 15.7. The van der Waals surface area contributed by atoms with Crippen molar-refractivity contribution in [2.24, 2.45) is 0 Å². The molecule has 0 aromatic heterocycles. The Balaban J connectivity index is 1.48. The number of carbonyl (C=O) groups is 1. The molecule has 0 aliphatic carbocycles. The van der Waals surface area contributed by atoms with Crippen LogP contribution in [0.25, 0.3) is 0 Å². The maximum Gasteiger partial charge on any atom is 0.262 e. The lowest BCUT2D eigenvalue weighted by molar-refractivity contribution is -0.118. The molecule has 0 atom stereocenters. The first-order valence-corrected chi connectivity index (χ1v) is 9.31. The number of aliphatic hydroxyl groups is 1. The van der Waals surface area contributed by atoms with Gasteiger partial charge in [-0.3, -0.25) is 4.79 Å². The third kappa shape index (κ3) is 3.85. The number of amides is 1. The third-order valence-electron chi connectivity index (χ3n) is 5.31. The van der Waals surface area contributed by atoms with E-state index in [-0.39, 0.29) is 12.5 Å². The van der Waals surface area contributed by atoms with Crippen LogP contribution in [0.5, 0.6) is 5.75 Å². The molecule has 0 saturated carbocycles. The first kappa shape index (κ1) is 17.7. The standard InChI is InChI=1S/C21H25N3O3/c1-14-11-16(24-9-7-21(2,26)8-10-24)4-6-17(14)22-15-3-5-18-19(12-15)27-13-20(25)23-18/h3-6,11-12,22,26H,7-10,13H2,1-2H3,(H,23,25). The van der Waals surface area contributed by atoms with Crippen LogP contribution in [0.2, 0.25) is 0 Å². The summed E-state index contributed by atoms with van der Waals surface area (Å²) in [5.74, 6) is 0.545. The lowest BCUT2D eigenvalue weighted by atomic mass is 9.93. The molecule has 4 rings (SSSR count). The van der Waals surface area contributed by atoms with E-state index in [4.69, 9.17) is 4.74 Å². The molecule has 6 nitrogen and oxygen atoms in total. The number of nitrogens with zero attached hydrogens (tertiary/aromatic N) is 1. The number of hydrogen-bond acceptors (Lipinski definition) is 5. The van der Waals surface area contributed by atoms with Crippen molar-refractivity contribution in [3.8, 4) is 5.75 Å². The van der Waals surface area contributed by atoms with Gasteiger partial charge in [-0.2, -0.15) is 0 Å². The van der Waals surface area contributed by atoms with Crippen LogP contribution in [0.15, 0.2) is 36.4 Å². The van der Waals surface area contributed by atoms with Gasteiger partial charge in [-0.1, -0.05) is 0 Å². The largest absolute Gasteiger partial charge is 0.482 e. The molecule has 2 aliphatic rings. The number of nitrogens with one attached hydrogen (secondary N) is 2. The molecule has 1 fully saturated rings. The summed E-state index contributed by atoms with van der Waals surface area (Å²) in [5, 5.41) is 16.4. The highest BCUT2D eigenvalue weighted by Gasteiger charge is 2.27. The second-order valence-electron chi connectivity index (χ2n) is 7.66. The van der Waals surface area contributed by atoms with E-state index in [2.05, 4.69) is 40.7 Å². The minimum atomic E-state index is -0.541. The Kier molecular flexibility index (Phi) is 4.44. The Bertz CT molecular complexity index is 869. The summed E-state index contributed by atoms with van der Waals surface area (Å²) in [4.78, 5) is 13.7. The van der Waals surface area contributed by atoms with E-state index >= 15 is 0 Å². The van der Waals surface area contributed by atoms with Crippen LogP contribution in [0.3, 0.4) is 0 Å². The van der Waals surface area contributed by atoms with Crippen molar-refractivity contribution in [2.45, 2.75) is 32.3 Å². The molecule has 0 bridgehead atoms. The van der Waals surface area contributed by atoms with Crippen LogP contribution in [0.4, 0.5) is 22.7 Å². The number of rotatable bonds is 3. The summed E-state index contributed by atoms with van der Waals surface area (Å²) in [6.07, 6.45) is 1.58. The molecule has 0 unspecified atom stereocenters. The summed E-state index contributed by atoms with van der Waals surface area (Å²) in [5.41, 5.74) is 4.44. The monoisotopic (exact) mass is 367 g/mol. The van der Waals surface area contributed by atoms with Gasteiger partial charge >= 0.3 is 0 Å². The molecule has 0 radical (unpaired) electrons. The van der Waals surface area contributed by atoms with E-state index in [0.717, 1.165) is 42.9 Å². The Hall–Kier alpha value is -2.73. The number of piperidine rings is 1. The van der Waals surface area contributed by atoms with Gasteiger partial charge in [0.15, 0.2) is 6.61 Å². The summed E-state index contributed by atoms with van der Waals surface area (Å²) < 4.78 is 5.48. The molecule has 3 N–H and O–H groups in total. The highest BCUT2D eigenvalue weighted by molar-refractivity contribution is 5.95. The molecule has 0 spiro atoms. The maximum absolute atomic E-state index is 11.4. The van der Waals surface area contributed by atoms with Gasteiger partial charge < -0.3 is 25.4 Å². The second kappa shape index (κ2) is 6.78. The topological polar surface area (TPSA) is 73.8 Å². The van der Waals surface area contributed by atoms with Crippen LogP contribution in [-0.4, -0.2) is 36.3 Å². The molecule has 2 aliphatic heterocycles. The fraction of sp³-hybridized carbons (Fsp3) is 0.381. The molecular formula is C21H25N3O3. The third-order valence-corrected chi connectivity index (χ3v) is 5.31. The Morgan fingerprint density at radius 3 is 2.70 bits per heavy atom. The van der Waals surface area contributed by atoms with Crippen molar-refractivity contribution in [3.05, 3.63) is 42.0 Å². The SMILES string of the molecule is Cc1cc(N2CCC(C)(O)CC2)ccc1Nc1ccc2c(c1)OCC(=O)N2. The summed E-state index contributed by atoms with van der Waals surface area (Å²) in [6.45, 7) is 5.78. The van der Waals surface area contributed by atoms with Crippen molar-refractivity contribution < 1.29 is 14.6 Å². The lowest BCUT2D eigenvalue weighted by Gasteiger charge is -2.37. The van der Waals surface area contributed by atoms with Crippen LogP contribution in [0.1, 0.15) is 25.3 Å². The fourth-order valence-electron chi connectivity index (χ4n) is 3.54. The van der Waals surface area contributed by atoms with Gasteiger partial charge in [0.05, 0.1) is 11.3 Å². The minimum absolute atomic E-state index is 0.0485. The normalized spacial score (nSPS) is 18.3. The minimum Gasteiger partial charge on any atom is -0.482 e. The van der Waals surface area contributed by atoms with Gasteiger partial charge in [0, 0.05) is 36.2 Å². The molecule has 6 heteroatoms. The summed E-state index contributed by atoms with van der Waals surface area (Å²) >= 11 is 0. The number of aryl methyl sites for hydroxylation is 1. The van der Waals surface area contributed by atoms with Gasteiger partial charge in [-0.25, -0.2) is 0 Å². The molecule has 27 heavy (non-hydrogen) atoms. The average molecular weight is 367 g/mol. The molecular weight excluding hydrogens is 342 g/mol. The summed E-state index contributed by atoms with van der Waals surface area (Å²) in [6, 6.07) is 12.0. The van der Waals surface area contributed by atoms with E-state index in [9.17, 15) is 9.90 Å². The Labute approximate surface area is 159 Å². The van der Waals surface area contributed by atoms with E-state index < -0.39 is 5.60 Å². The smallest absolute Gasteiger partial charge is 0.262 e. The summed E-state index contributed by atoms with van der Waals surface area (Å²) in [7, 11) is 0. The quantitative estimate of drug-likeness (QED) is 0.775. The van der Waals surface area contributed by atoms with Crippen molar-refractivity contribution in [1.82, 2.24) is 0 Å². The molecule has 1 saturated heterocycles. The van der Waals surface area contributed by atoms with Crippen molar-refractivity contribution >= 4 is 28.7 Å². The lowest BCUT2D eigenvalue weighted by Crippen LogP contribution is -2.42. The first-order chi connectivity index (χ1) is 12.9. The van der Waals surface area contributed by atoms with Crippen molar-refractivity contribution in [1.29, 1.82) is 0 Å². The maximum atomic E-state index is 11.4. The zero-order valence-corrected chi connectivity index (χ0v) is 15.7. The highest BCUT2D eigenvalue weighted by atomic mass is 16.5. The predicted molar refractivity (Wildman–Crippen MR) is 107 cm³/mol. The van der Waals surface area contributed by atoms with Gasteiger partial charge in [0.1, 0.15) is 5.75 Å². The number of ether oxygens (including phenoxy) is 1. The number of benzene rings is 2. The Morgan fingerprint density at radius 2 is 1.96 bits per heavy atom.